The Bertz CT molecular complexity index is 850. The molecule has 146 valence electrons. The molecule has 2 N–H and O–H groups in total. The molecule has 2 aromatic rings. The quantitative estimate of drug-likeness (QED) is 0.665. The molecule has 0 aromatic heterocycles. The van der Waals surface area contributed by atoms with E-state index in [0.29, 0.717) is 23.5 Å². The lowest BCUT2D eigenvalue weighted by Crippen LogP contribution is -2.30. The highest BCUT2D eigenvalue weighted by atomic mass is 16.1. The molecule has 2 aromatic carbocycles. The number of allylic oxidation sites excluding steroid dienone is 1. The molecule has 0 aliphatic carbocycles. The molecule has 0 heterocycles. The van der Waals surface area contributed by atoms with Crippen molar-refractivity contribution >= 4 is 5.91 Å². The van der Waals surface area contributed by atoms with E-state index in [1.54, 1.807) is 12.1 Å². The van der Waals surface area contributed by atoms with Crippen molar-refractivity contribution in [3.05, 3.63) is 83.1 Å². The van der Waals surface area contributed by atoms with E-state index >= 15 is 0 Å². The van der Waals surface area contributed by atoms with Crippen LogP contribution in [-0.4, -0.2) is 13.0 Å². The Kier molecular flexibility index (Phi) is 7.83. The normalized spacial score (nSPS) is 11.5. The van der Waals surface area contributed by atoms with Gasteiger partial charge in [-0.15, -0.1) is 0 Å². The van der Waals surface area contributed by atoms with Gasteiger partial charge in [0.25, 0.3) is 5.91 Å². The third kappa shape index (κ3) is 5.99. The Morgan fingerprint density at radius 1 is 1.18 bits per heavy atom. The second kappa shape index (κ2) is 10.3. The summed E-state index contributed by atoms with van der Waals surface area (Å²) in [6.07, 6.45) is 2.27. The summed E-state index contributed by atoms with van der Waals surface area (Å²) >= 11 is 0. The fourth-order valence-electron chi connectivity index (χ4n) is 3.16. The van der Waals surface area contributed by atoms with Gasteiger partial charge in [-0.3, -0.25) is 4.79 Å². The number of carbonyl (C=O) groups excluding carboxylic acids is 1. The minimum atomic E-state index is -0.142. The van der Waals surface area contributed by atoms with E-state index in [1.807, 2.05) is 43.4 Å². The summed E-state index contributed by atoms with van der Waals surface area (Å²) in [5.41, 5.74) is 3.97. The first-order chi connectivity index (χ1) is 13.4. The molecule has 2 rings (SSSR count). The molecule has 4 heteroatoms. The Hall–Kier alpha value is -3.06. The van der Waals surface area contributed by atoms with E-state index in [9.17, 15) is 10.1 Å². The second-order valence-electron chi connectivity index (χ2n) is 7.40. The van der Waals surface area contributed by atoms with Crippen molar-refractivity contribution in [2.24, 2.45) is 5.92 Å². The summed E-state index contributed by atoms with van der Waals surface area (Å²) in [7, 11) is 1.84. The van der Waals surface area contributed by atoms with E-state index in [2.05, 4.69) is 37.1 Å². The highest BCUT2D eigenvalue weighted by Gasteiger charge is 2.19. The van der Waals surface area contributed by atoms with Crippen molar-refractivity contribution in [1.82, 2.24) is 10.6 Å². The van der Waals surface area contributed by atoms with Crippen LogP contribution < -0.4 is 10.6 Å². The van der Waals surface area contributed by atoms with Crippen LogP contribution >= 0.6 is 0 Å². The van der Waals surface area contributed by atoms with E-state index in [0.717, 1.165) is 29.7 Å². The van der Waals surface area contributed by atoms with Gasteiger partial charge in [0.2, 0.25) is 0 Å². The first-order valence-electron chi connectivity index (χ1n) is 9.69. The van der Waals surface area contributed by atoms with Gasteiger partial charge in [0.15, 0.2) is 0 Å². The van der Waals surface area contributed by atoms with Crippen molar-refractivity contribution in [2.75, 3.05) is 7.05 Å². The van der Waals surface area contributed by atoms with E-state index < -0.39 is 0 Å². The number of amides is 1. The van der Waals surface area contributed by atoms with Gasteiger partial charge >= 0.3 is 0 Å². The van der Waals surface area contributed by atoms with Gasteiger partial charge in [0.1, 0.15) is 0 Å². The Balaban J connectivity index is 2.29. The van der Waals surface area contributed by atoms with E-state index in [-0.39, 0.29) is 11.9 Å². The topological polar surface area (TPSA) is 64.9 Å². The SMILES string of the molecule is C=C(CCc1ccc(C#N)cc1C(=O)NC(CC(C)C)c1ccccc1)NC. The zero-order valence-corrected chi connectivity index (χ0v) is 17.0. The number of nitrogens with zero attached hydrogens (tertiary/aromatic N) is 1. The average Bonchev–Trinajstić information content (AvgIpc) is 2.71. The molecule has 0 fully saturated rings. The molecule has 1 atom stereocenters. The maximum absolute atomic E-state index is 13.2. The summed E-state index contributed by atoms with van der Waals surface area (Å²) in [5, 5.41) is 15.5. The largest absolute Gasteiger partial charge is 0.392 e. The van der Waals surface area contributed by atoms with Crippen LogP contribution in [0.15, 0.2) is 60.8 Å². The van der Waals surface area contributed by atoms with Gasteiger partial charge in [-0.1, -0.05) is 56.8 Å². The minimum Gasteiger partial charge on any atom is -0.392 e. The Labute approximate surface area is 168 Å². The minimum absolute atomic E-state index is 0.0698. The van der Waals surface area contributed by atoms with Crippen LogP contribution in [0.3, 0.4) is 0 Å². The smallest absolute Gasteiger partial charge is 0.252 e. The Morgan fingerprint density at radius 2 is 1.89 bits per heavy atom. The summed E-state index contributed by atoms with van der Waals surface area (Å²) in [5.74, 6) is 0.297. The molecule has 4 nitrogen and oxygen atoms in total. The molecule has 0 saturated carbocycles. The van der Waals surface area contributed by atoms with Gasteiger partial charge < -0.3 is 10.6 Å². The molecule has 0 spiro atoms. The molecule has 1 unspecified atom stereocenters. The predicted octanol–water partition coefficient (Wildman–Crippen LogP) is 4.74. The summed E-state index contributed by atoms with van der Waals surface area (Å²) < 4.78 is 0. The van der Waals surface area contributed by atoms with Crippen LogP contribution in [0.5, 0.6) is 0 Å². The van der Waals surface area contributed by atoms with Crippen LogP contribution in [-0.2, 0) is 6.42 Å². The van der Waals surface area contributed by atoms with Crippen LogP contribution in [0.2, 0.25) is 0 Å². The fourth-order valence-corrected chi connectivity index (χ4v) is 3.16. The first kappa shape index (κ1) is 21.2. The standard InChI is InChI=1S/C24H29N3O/c1-17(2)14-23(21-8-6-5-7-9-21)27-24(28)22-15-19(16-25)11-13-20(22)12-10-18(3)26-4/h5-9,11,13,15,17,23,26H,3,10,12,14H2,1-2,4H3,(H,27,28). The summed E-state index contributed by atoms with van der Waals surface area (Å²) in [6.45, 7) is 8.25. The van der Waals surface area contributed by atoms with Crippen LogP contribution in [0, 0.1) is 17.2 Å². The third-order valence-corrected chi connectivity index (χ3v) is 4.75. The summed E-state index contributed by atoms with van der Waals surface area (Å²) in [6, 6.07) is 17.4. The number of rotatable bonds is 9. The van der Waals surface area contributed by atoms with Crippen LogP contribution in [0.25, 0.3) is 0 Å². The maximum Gasteiger partial charge on any atom is 0.252 e. The molecular formula is C24H29N3O. The molecule has 1 amide bonds. The lowest BCUT2D eigenvalue weighted by Gasteiger charge is -2.22. The second-order valence-corrected chi connectivity index (χ2v) is 7.40. The number of benzene rings is 2. The fraction of sp³-hybridized carbons (Fsp3) is 0.333. The first-order valence-corrected chi connectivity index (χ1v) is 9.69. The zero-order chi connectivity index (χ0) is 20.5. The lowest BCUT2D eigenvalue weighted by molar-refractivity contribution is 0.0931. The van der Waals surface area contributed by atoms with Gasteiger partial charge in [0.05, 0.1) is 17.7 Å². The van der Waals surface area contributed by atoms with Gasteiger partial charge in [-0.05, 0) is 48.4 Å². The number of aryl methyl sites for hydroxylation is 1. The van der Waals surface area contributed by atoms with Crippen molar-refractivity contribution in [3.63, 3.8) is 0 Å². The number of nitrogens with one attached hydrogen (secondary N) is 2. The van der Waals surface area contributed by atoms with Gasteiger partial charge in [-0.2, -0.15) is 5.26 Å². The molecular weight excluding hydrogens is 346 g/mol. The molecule has 0 saturated heterocycles. The summed E-state index contributed by atoms with van der Waals surface area (Å²) in [4.78, 5) is 13.2. The highest BCUT2D eigenvalue weighted by Crippen LogP contribution is 2.23. The molecule has 0 radical (unpaired) electrons. The molecule has 28 heavy (non-hydrogen) atoms. The monoisotopic (exact) mass is 375 g/mol. The van der Waals surface area contributed by atoms with Crippen molar-refractivity contribution in [1.29, 1.82) is 5.26 Å². The van der Waals surface area contributed by atoms with Crippen molar-refractivity contribution in [2.45, 2.75) is 39.2 Å². The third-order valence-electron chi connectivity index (χ3n) is 4.75. The van der Waals surface area contributed by atoms with Crippen molar-refractivity contribution < 1.29 is 4.79 Å². The van der Waals surface area contributed by atoms with Gasteiger partial charge in [-0.25, -0.2) is 0 Å². The zero-order valence-electron chi connectivity index (χ0n) is 17.0. The number of nitriles is 1. The Morgan fingerprint density at radius 3 is 2.50 bits per heavy atom. The number of hydrogen-bond donors (Lipinski definition) is 2. The van der Waals surface area contributed by atoms with Crippen LogP contribution in [0.4, 0.5) is 0 Å². The van der Waals surface area contributed by atoms with Crippen molar-refractivity contribution in [3.8, 4) is 6.07 Å². The number of carbonyl (C=O) groups is 1. The average molecular weight is 376 g/mol. The van der Waals surface area contributed by atoms with Crippen LogP contribution in [0.1, 0.15) is 59.8 Å². The predicted molar refractivity (Wildman–Crippen MR) is 114 cm³/mol. The van der Waals surface area contributed by atoms with Gasteiger partial charge in [0, 0.05) is 18.3 Å². The number of hydrogen-bond acceptors (Lipinski definition) is 3. The van der Waals surface area contributed by atoms with E-state index in [4.69, 9.17) is 0 Å². The molecule has 0 aliphatic heterocycles. The molecule has 0 aliphatic rings. The lowest BCUT2D eigenvalue weighted by atomic mass is 9.95. The maximum atomic E-state index is 13.2. The van der Waals surface area contributed by atoms with E-state index in [1.165, 1.54) is 0 Å². The highest BCUT2D eigenvalue weighted by molar-refractivity contribution is 5.96. The molecule has 0 bridgehead atoms.